The molecule has 1 aromatic heterocycles. The number of nitrogen functional groups attached to an aromatic ring is 1. The van der Waals surface area contributed by atoms with Gasteiger partial charge in [0.05, 0.1) is 5.03 Å². The number of H-pyrrole nitrogens is 1. The standard InChI is InChI=1S/C7H8N2S/c1-2-5-10-7-4-3-6(8)9-7/h3-4,9H,8H2,1H3. The van der Waals surface area contributed by atoms with Crippen LogP contribution in [0.5, 0.6) is 0 Å². The number of nitrogens with one attached hydrogen (secondary N) is 1. The first-order chi connectivity index (χ1) is 4.83. The highest BCUT2D eigenvalue weighted by Crippen LogP contribution is 2.15. The molecule has 0 saturated heterocycles. The van der Waals surface area contributed by atoms with Crippen LogP contribution in [0.15, 0.2) is 17.2 Å². The number of anilines is 1. The van der Waals surface area contributed by atoms with E-state index in [1.165, 1.54) is 11.8 Å². The number of rotatable bonds is 1. The third-order valence-electron chi connectivity index (χ3n) is 0.945. The van der Waals surface area contributed by atoms with Gasteiger partial charge in [-0.3, -0.25) is 0 Å². The summed E-state index contributed by atoms with van der Waals surface area (Å²) in [5.74, 6) is 3.46. The molecule has 0 unspecified atom stereocenters. The van der Waals surface area contributed by atoms with E-state index < -0.39 is 0 Å². The Morgan fingerprint density at radius 1 is 1.60 bits per heavy atom. The molecular weight excluding hydrogens is 144 g/mol. The predicted molar refractivity (Wildman–Crippen MR) is 44.5 cm³/mol. The van der Waals surface area contributed by atoms with E-state index in [-0.39, 0.29) is 0 Å². The number of hydrogen-bond donors (Lipinski definition) is 2. The summed E-state index contributed by atoms with van der Waals surface area (Å²) in [5.41, 5.74) is 5.43. The Hall–Kier alpha value is -1.01. The molecule has 0 amide bonds. The monoisotopic (exact) mass is 152 g/mol. The molecule has 0 aliphatic carbocycles. The predicted octanol–water partition coefficient (Wildman–Crippen LogP) is 1.67. The van der Waals surface area contributed by atoms with Gasteiger partial charge in [0.1, 0.15) is 5.82 Å². The molecule has 0 radical (unpaired) electrons. The van der Waals surface area contributed by atoms with Gasteiger partial charge in [-0.1, -0.05) is 5.92 Å². The topological polar surface area (TPSA) is 41.8 Å². The van der Waals surface area contributed by atoms with Gasteiger partial charge in [0.25, 0.3) is 0 Å². The van der Waals surface area contributed by atoms with Crippen LogP contribution >= 0.6 is 11.8 Å². The lowest BCUT2D eigenvalue weighted by molar-refractivity contribution is 1.22. The summed E-state index contributed by atoms with van der Waals surface area (Å²) in [6, 6.07) is 3.73. The largest absolute Gasteiger partial charge is 0.385 e. The van der Waals surface area contributed by atoms with Gasteiger partial charge in [0.15, 0.2) is 0 Å². The fraction of sp³-hybridized carbons (Fsp3) is 0.143. The molecule has 10 heavy (non-hydrogen) atoms. The van der Waals surface area contributed by atoms with Crippen molar-refractivity contribution in [1.29, 1.82) is 0 Å². The van der Waals surface area contributed by atoms with Crippen molar-refractivity contribution in [3.8, 4) is 11.2 Å². The zero-order valence-corrected chi connectivity index (χ0v) is 6.46. The minimum atomic E-state index is 0.681. The van der Waals surface area contributed by atoms with Crippen LogP contribution < -0.4 is 5.73 Å². The zero-order chi connectivity index (χ0) is 7.40. The van der Waals surface area contributed by atoms with Gasteiger partial charge in [-0.05, 0) is 36.1 Å². The van der Waals surface area contributed by atoms with Crippen molar-refractivity contribution in [2.75, 3.05) is 5.73 Å². The van der Waals surface area contributed by atoms with Crippen molar-refractivity contribution in [2.24, 2.45) is 0 Å². The lowest BCUT2D eigenvalue weighted by Gasteiger charge is -1.84. The van der Waals surface area contributed by atoms with Gasteiger partial charge in [-0.25, -0.2) is 0 Å². The molecule has 1 heterocycles. The quantitative estimate of drug-likeness (QED) is 0.475. The summed E-state index contributed by atoms with van der Waals surface area (Å²) in [7, 11) is 0. The molecule has 52 valence electrons. The molecule has 3 heteroatoms. The van der Waals surface area contributed by atoms with Crippen molar-refractivity contribution < 1.29 is 0 Å². The van der Waals surface area contributed by atoms with E-state index >= 15 is 0 Å². The Bertz CT molecular complexity index is 267. The summed E-state index contributed by atoms with van der Waals surface area (Å²) in [4.78, 5) is 2.95. The number of hydrogen-bond acceptors (Lipinski definition) is 2. The molecule has 0 saturated carbocycles. The summed E-state index contributed by atoms with van der Waals surface area (Å²) in [5, 5.41) is 3.85. The second-order valence-corrected chi connectivity index (χ2v) is 2.58. The minimum absolute atomic E-state index is 0.681. The first kappa shape index (κ1) is 7.10. The molecule has 1 aromatic rings. The molecule has 0 atom stereocenters. The molecule has 0 aromatic carbocycles. The Morgan fingerprint density at radius 2 is 2.40 bits per heavy atom. The van der Waals surface area contributed by atoms with Crippen LogP contribution in [0.1, 0.15) is 6.92 Å². The second kappa shape index (κ2) is 3.23. The van der Waals surface area contributed by atoms with Crippen molar-refractivity contribution in [2.45, 2.75) is 11.9 Å². The lowest BCUT2D eigenvalue weighted by atomic mass is 10.6. The molecule has 0 aliphatic rings. The fourth-order valence-electron chi connectivity index (χ4n) is 0.557. The van der Waals surface area contributed by atoms with Gasteiger partial charge in [-0.2, -0.15) is 0 Å². The number of aromatic amines is 1. The van der Waals surface area contributed by atoms with Crippen LogP contribution in [0.3, 0.4) is 0 Å². The summed E-state index contributed by atoms with van der Waals surface area (Å²) < 4.78 is 0. The third-order valence-corrected chi connectivity index (χ3v) is 1.71. The van der Waals surface area contributed by atoms with E-state index in [2.05, 4.69) is 16.2 Å². The van der Waals surface area contributed by atoms with E-state index in [4.69, 9.17) is 5.73 Å². The molecule has 0 fully saturated rings. The van der Waals surface area contributed by atoms with E-state index in [9.17, 15) is 0 Å². The van der Waals surface area contributed by atoms with Crippen LogP contribution in [-0.2, 0) is 0 Å². The molecule has 2 nitrogen and oxygen atoms in total. The van der Waals surface area contributed by atoms with Crippen molar-refractivity contribution in [3.05, 3.63) is 12.1 Å². The van der Waals surface area contributed by atoms with Crippen LogP contribution in [0.2, 0.25) is 0 Å². The highest BCUT2D eigenvalue weighted by molar-refractivity contribution is 8.03. The average Bonchev–Trinajstić information content (AvgIpc) is 2.31. The van der Waals surface area contributed by atoms with Crippen LogP contribution in [0, 0.1) is 11.2 Å². The van der Waals surface area contributed by atoms with Gasteiger partial charge in [0.2, 0.25) is 0 Å². The molecule has 0 spiro atoms. The van der Waals surface area contributed by atoms with Gasteiger partial charge in [-0.15, -0.1) is 0 Å². The highest BCUT2D eigenvalue weighted by Gasteiger charge is 1.91. The minimum Gasteiger partial charge on any atom is -0.385 e. The zero-order valence-electron chi connectivity index (χ0n) is 5.64. The van der Waals surface area contributed by atoms with Crippen LogP contribution in [0.25, 0.3) is 0 Å². The van der Waals surface area contributed by atoms with E-state index in [1.54, 1.807) is 6.92 Å². The molecule has 1 rings (SSSR count). The Morgan fingerprint density at radius 3 is 2.90 bits per heavy atom. The normalized spacial score (nSPS) is 8.50. The summed E-state index contributed by atoms with van der Waals surface area (Å²) >= 11 is 1.44. The Labute approximate surface area is 64.2 Å². The first-order valence-corrected chi connectivity index (χ1v) is 3.67. The summed E-state index contributed by atoms with van der Waals surface area (Å²) in [6.07, 6.45) is 0. The summed E-state index contributed by atoms with van der Waals surface area (Å²) in [6.45, 7) is 1.80. The van der Waals surface area contributed by atoms with Crippen molar-refractivity contribution in [3.63, 3.8) is 0 Å². The van der Waals surface area contributed by atoms with Gasteiger partial charge >= 0.3 is 0 Å². The van der Waals surface area contributed by atoms with Crippen LogP contribution in [-0.4, -0.2) is 4.98 Å². The molecule has 0 aliphatic heterocycles. The Kier molecular flexibility index (Phi) is 2.30. The second-order valence-electron chi connectivity index (χ2n) is 1.73. The average molecular weight is 152 g/mol. The lowest BCUT2D eigenvalue weighted by Crippen LogP contribution is -1.81. The Balaban J connectivity index is 2.64. The maximum atomic E-state index is 5.43. The first-order valence-electron chi connectivity index (χ1n) is 2.86. The molecular formula is C7H8N2S. The van der Waals surface area contributed by atoms with Gasteiger partial charge < -0.3 is 10.7 Å². The van der Waals surface area contributed by atoms with E-state index in [1.807, 2.05) is 12.1 Å². The van der Waals surface area contributed by atoms with Crippen LogP contribution in [0.4, 0.5) is 5.82 Å². The third kappa shape index (κ3) is 1.74. The smallest absolute Gasteiger partial charge is 0.101 e. The highest BCUT2D eigenvalue weighted by atomic mass is 32.2. The van der Waals surface area contributed by atoms with E-state index in [0.29, 0.717) is 5.82 Å². The number of nitrogens with two attached hydrogens (primary N) is 1. The van der Waals surface area contributed by atoms with Crippen molar-refractivity contribution >= 4 is 17.6 Å². The molecule has 3 N–H and O–H groups in total. The molecule has 0 bridgehead atoms. The van der Waals surface area contributed by atoms with E-state index in [0.717, 1.165) is 5.03 Å². The maximum absolute atomic E-state index is 5.43. The van der Waals surface area contributed by atoms with Gasteiger partial charge in [0, 0.05) is 0 Å². The fourth-order valence-corrected chi connectivity index (χ4v) is 1.07. The number of aromatic nitrogens is 1. The SMILES string of the molecule is CC#CSc1ccc(N)[nH]1. The maximum Gasteiger partial charge on any atom is 0.101 e. The number of thioether (sulfide) groups is 1. The van der Waals surface area contributed by atoms with Crippen molar-refractivity contribution in [1.82, 2.24) is 4.98 Å².